The first-order valence-electron chi connectivity index (χ1n) is 9.56. The molecule has 0 aromatic rings. The van der Waals surface area contributed by atoms with Crippen molar-refractivity contribution in [1.82, 2.24) is 0 Å². The first-order valence-corrected chi connectivity index (χ1v) is 9.56. The molecule has 0 saturated heterocycles. The molecule has 1 aliphatic rings. The van der Waals surface area contributed by atoms with Crippen LogP contribution in [0, 0.1) is 5.41 Å². The molecular formula is C22H34O2. The van der Waals surface area contributed by atoms with Crippen molar-refractivity contribution in [2.45, 2.75) is 77.6 Å². The van der Waals surface area contributed by atoms with Gasteiger partial charge in [-0.1, -0.05) is 68.4 Å². The van der Waals surface area contributed by atoms with Crippen molar-refractivity contribution in [1.29, 1.82) is 0 Å². The lowest BCUT2D eigenvalue weighted by molar-refractivity contribution is -0.137. The summed E-state index contributed by atoms with van der Waals surface area (Å²) in [7, 11) is 0. The Morgan fingerprint density at radius 2 is 1.50 bits per heavy atom. The van der Waals surface area contributed by atoms with Gasteiger partial charge in [0.05, 0.1) is 0 Å². The summed E-state index contributed by atoms with van der Waals surface area (Å²) in [5.41, 5.74) is 0.274. The lowest BCUT2D eigenvalue weighted by Crippen LogP contribution is -1.93. The second kappa shape index (κ2) is 12.8. The lowest BCUT2D eigenvalue weighted by atomic mass is 10.0. The number of carboxylic acid groups (broad SMARTS) is 1. The summed E-state index contributed by atoms with van der Waals surface area (Å²) in [6.45, 7) is 2.24. The van der Waals surface area contributed by atoms with Crippen molar-refractivity contribution in [3.8, 4) is 0 Å². The van der Waals surface area contributed by atoms with Crippen LogP contribution in [0.4, 0.5) is 0 Å². The number of hydrogen-bond acceptors (Lipinski definition) is 1. The van der Waals surface area contributed by atoms with E-state index >= 15 is 0 Å². The van der Waals surface area contributed by atoms with Crippen LogP contribution in [0.1, 0.15) is 77.6 Å². The maximum absolute atomic E-state index is 10.5. The van der Waals surface area contributed by atoms with Gasteiger partial charge < -0.3 is 5.11 Å². The van der Waals surface area contributed by atoms with Gasteiger partial charge in [-0.25, -0.2) is 0 Å². The molecule has 0 spiro atoms. The van der Waals surface area contributed by atoms with E-state index in [0.29, 0.717) is 0 Å². The van der Waals surface area contributed by atoms with Crippen molar-refractivity contribution >= 4 is 5.97 Å². The van der Waals surface area contributed by atoms with E-state index in [1.165, 1.54) is 38.5 Å². The van der Waals surface area contributed by atoms with E-state index in [-0.39, 0.29) is 11.8 Å². The standard InChI is InChI=1S/C22H34O2/c1-2-3-4-5-6-7-8-9-10-11-14-17-22(19-20-22)18-15-12-13-16-21(23)24/h6-7,9-10,14-15,17-18H,2-5,8,11-13,16,19-20H2,1H3,(H,23,24). The number of unbranched alkanes of at least 4 members (excludes halogenated alkanes) is 4. The quantitative estimate of drug-likeness (QED) is 0.287. The van der Waals surface area contributed by atoms with Crippen molar-refractivity contribution in [3.05, 3.63) is 48.6 Å². The van der Waals surface area contributed by atoms with Gasteiger partial charge >= 0.3 is 5.97 Å². The molecule has 1 saturated carbocycles. The van der Waals surface area contributed by atoms with Crippen LogP contribution in [0.3, 0.4) is 0 Å². The molecule has 1 N–H and O–H groups in total. The van der Waals surface area contributed by atoms with Gasteiger partial charge in [-0.15, -0.1) is 0 Å². The molecule has 1 aliphatic carbocycles. The minimum absolute atomic E-state index is 0.269. The third-order valence-corrected chi connectivity index (χ3v) is 4.34. The first kappa shape index (κ1) is 20.5. The van der Waals surface area contributed by atoms with E-state index in [4.69, 9.17) is 5.11 Å². The molecule has 2 heteroatoms. The van der Waals surface area contributed by atoms with E-state index < -0.39 is 5.97 Å². The van der Waals surface area contributed by atoms with Crippen LogP contribution in [-0.2, 0) is 4.79 Å². The van der Waals surface area contributed by atoms with E-state index in [1.54, 1.807) is 0 Å². The smallest absolute Gasteiger partial charge is 0.303 e. The number of carbonyl (C=O) groups is 1. The molecule has 0 atom stereocenters. The Morgan fingerprint density at radius 3 is 2.17 bits per heavy atom. The number of carboxylic acids is 1. The average molecular weight is 331 g/mol. The minimum atomic E-state index is -0.702. The van der Waals surface area contributed by atoms with Crippen molar-refractivity contribution in [2.24, 2.45) is 5.41 Å². The normalized spacial score (nSPS) is 16.9. The van der Waals surface area contributed by atoms with Crippen LogP contribution in [0.2, 0.25) is 0 Å². The second-order valence-corrected chi connectivity index (χ2v) is 6.73. The number of allylic oxidation sites excluding steroid dienone is 8. The minimum Gasteiger partial charge on any atom is -0.481 e. The summed E-state index contributed by atoms with van der Waals surface area (Å²) in [6, 6.07) is 0. The molecule has 0 bridgehead atoms. The van der Waals surface area contributed by atoms with E-state index in [0.717, 1.165) is 25.7 Å². The summed E-state index contributed by atoms with van der Waals surface area (Å²) in [4.78, 5) is 10.5. The maximum Gasteiger partial charge on any atom is 0.303 e. The van der Waals surface area contributed by atoms with Gasteiger partial charge in [0.25, 0.3) is 0 Å². The van der Waals surface area contributed by atoms with Crippen LogP contribution in [0.25, 0.3) is 0 Å². The predicted octanol–water partition coefficient (Wildman–Crippen LogP) is 6.61. The van der Waals surface area contributed by atoms with E-state index in [9.17, 15) is 4.79 Å². The Balaban J connectivity index is 2.10. The molecule has 0 unspecified atom stereocenters. The summed E-state index contributed by atoms with van der Waals surface area (Å²) < 4.78 is 0. The van der Waals surface area contributed by atoms with Gasteiger partial charge in [0.1, 0.15) is 0 Å². The zero-order chi connectivity index (χ0) is 17.5. The SMILES string of the molecule is CCCCCC=CCC=CCC=CC1(C=CCCCC(=O)O)CC1. The Labute approximate surface area is 148 Å². The van der Waals surface area contributed by atoms with Crippen molar-refractivity contribution < 1.29 is 9.90 Å². The third kappa shape index (κ3) is 11.0. The zero-order valence-electron chi connectivity index (χ0n) is 15.3. The molecule has 1 rings (SSSR count). The van der Waals surface area contributed by atoms with Crippen LogP contribution in [0.15, 0.2) is 48.6 Å². The van der Waals surface area contributed by atoms with Gasteiger partial charge in [-0.3, -0.25) is 4.79 Å². The summed E-state index contributed by atoms with van der Waals surface area (Å²) in [5, 5.41) is 8.61. The molecule has 0 radical (unpaired) electrons. The molecular weight excluding hydrogens is 296 g/mol. The van der Waals surface area contributed by atoms with Gasteiger partial charge in [-0.05, 0) is 51.4 Å². The van der Waals surface area contributed by atoms with Crippen LogP contribution >= 0.6 is 0 Å². The first-order chi connectivity index (χ1) is 11.7. The summed E-state index contributed by atoms with van der Waals surface area (Å²) >= 11 is 0. The van der Waals surface area contributed by atoms with Gasteiger partial charge in [0.15, 0.2) is 0 Å². The Hall–Kier alpha value is -1.57. The van der Waals surface area contributed by atoms with Crippen molar-refractivity contribution in [3.63, 3.8) is 0 Å². The fraction of sp³-hybridized carbons (Fsp3) is 0.591. The van der Waals surface area contributed by atoms with Gasteiger partial charge in [0.2, 0.25) is 0 Å². The number of rotatable bonds is 14. The number of hydrogen-bond donors (Lipinski definition) is 1. The molecule has 134 valence electrons. The Bertz CT molecular complexity index is 451. The zero-order valence-corrected chi connectivity index (χ0v) is 15.3. The monoisotopic (exact) mass is 330 g/mol. The highest BCUT2D eigenvalue weighted by atomic mass is 16.4. The molecule has 0 aromatic carbocycles. The highest BCUT2D eigenvalue weighted by molar-refractivity contribution is 5.66. The van der Waals surface area contributed by atoms with E-state index in [2.05, 4.69) is 55.5 Å². The maximum atomic E-state index is 10.5. The molecule has 0 amide bonds. The van der Waals surface area contributed by atoms with Crippen LogP contribution in [0.5, 0.6) is 0 Å². The third-order valence-electron chi connectivity index (χ3n) is 4.34. The fourth-order valence-corrected chi connectivity index (χ4v) is 2.60. The highest BCUT2D eigenvalue weighted by Crippen LogP contribution is 2.48. The van der Waals surface area contributed by atoms with Gasteiger partial charge in [0, 0.05) is 11.8 Å². The van der Waals surface area contributed by atoms with Crippen LogP contribution < -0.4 is 0 Å². The molecule has 24 heavy (non-hydrogen) atoms. The fourth-order valence-electron chi connectivity index (χ4n) is 2.60. The topological polar surface area (TPSA) is 37.3 Å². The number of aliphatic carboxylic acids is 1. The molecule has 2 nitrogen and oxygen atoms in total. The molecule has 0 heterocycles. The van der Waals surface area contributed by atoms with Crippen molar-refractivity contribution in [2.75, 3.05) is 0 Å². The largest absolute Gasteiger partial charge is 0.481 e. The molecule has 0 aromatic heterocycles. The summed E-state index contributed by atoms with van der Waals surface area (Å²) in [5.74, 6) is -0.702. The summed E-state index contributed by atoms with van der Waals surface area (Å²) in [6.07, 6.45) is 29.5. The second-order valence-electron chi connectivity index (χ2n) is 6.73. The van der Waals surface area contributed by atoms with E-state index in [1.807, 2.05) is 0 Å². The predicted molar refractivity (Wildman–Crippen MR) is 103 cm³/mol. The van der Waals surface area contributed by atoms with Gasteiger partial charge in [-0.2, -0.15) is 0 Å². The Kier molecular flexibility index (Phi) is 10.9. The lowest BCUT2D eigenvalue weighted by Gasteiger charge is -2.01. The van der Waals surface area contributed by atoms with Crippen LogP contribution in [-0.4, -0.2) is 11.1 Å². The Morgan fingerprint density at radius 1 is 0.875 bits per heavy atom. The molecule has 0 aliphatic heterocycles. The average Bonchev–Trinajstić information content (AvgIpc) is 3.32. The molecule has 1 fully saturated rings. The highest BCUT2D eigenvalue weighted by Gasteiger charge is 2.36.